The zero-order valence-corrected chi connectivity index (χ0v) is 10.7. The van der Waals surface area contributed by atoms with Gasteiger partial charge in [0.1, 0.15) is 0 Å². The van der Waals surface area contributed by atoms with Crippen molar-refractivity contribution in [2.75, 3.05) is 11.9 Å². The second-order valence-corrected chi connectivity index (χ2v) is 4.16. The molecular formula is C15H19NO. The van der Waals surface area contributed by atoms with E-state index in [1.807, 2.05) is 6.07 Å². The fourth-order valence-corrected chi connectivity index (χ4v) is 1.44. The summed E-state index contributed by atoms with van der Waals surface area (Å²) in [6.45, 7) is 9.82. The number of Topliss-reactive ketones (excluding diaryl/α,β-unsaturated/α-hetero) is 1. The number of nitrogens with one attached hydrogen (secondary N) is 1. The molecule has 0 saturated heterocycles. The molecule has 0 aliphatic carbocycles. The third-order valence-corrected chi connectivity index (χ3v) is 2.77. The van der Waals surface area contributed by atoms with Gasteiger partial charge in [0.15, 0.2) is 5.78 Å². The molecule has 1 aromatic carbocycles. The van der Waals surface area contributed by atoms with Gasteiger partial charge >= 0.3 is 0 Å². The molecule has 17 heavy (non-hydrogen) atoms. The number of allylic oxidation sites excluding steroid dienone is 2. The van der Waals surface area contributed by atoms with Crippen molar-refractivity contribution in [1.82, 2.24) is 0 Å². The number of carbonyl (C=O) groups is 1. The molecule has 0 aliphatic heterocycles. The first-order valence-corrected chi connectivity index (χ1v) is 5.68. The molecule has 0 radical (unpaired) electrons. The van der Waals surface area contributed by atoms with Gasteiger partial charge in [0.05, 0.1) is 6.54 Å². The normalized spacial score (nSPS) is 11.1. The first kappa shape index (κ1) is 13.2. The Bertz CT molecular complexity index is 458. The fraction of sp³-hybridized carbons (Fsp3) is 0.267. The fourth-order valence-electron chi connectivity index (χ4n) is 1.44. The lowest BCUT2D eigenvalue weighted by Gasteiger charge is -2.08. The van der Waals surface area contributed by atoms with E-state index in [1.54, 1.807) is 19.1 Å². The van der Waals surface area contributed by atoms with E-state index < -0.39 is 0 Å². The molecule has 1 N–H and O–H groups in total. The summed E-state index contributed by atoms with van der Waals surface area (Å²) in [5.74, 6) is 0.0862. The molecule has 0 fully saturated rings. The van der Waals surface area contributed by atoms with E-state index in [4.69, 9.17) is 0 Å². The van der Waals surface area contributed by atoms with Crippen molar-refractivity contribution in [3.8, 4) is 0 Å². The summed E-state index contributed by atoms with van der Waals surface area (Å²) >= 11 is 0. The number of benzene rings is 1. The van der Waals surface area contributed by atoms with Gasteiger partial charge < -0.3 is 5.32 Å². The van der Waals surface area contributed by atoms with Gasteiger partial charge in [0.25, 0.3) is 0 Å². The Morgan fingerprint density at radius 1 is 1.35 bits per heavy atom. The summed E-state index contributed by atoms with van der Waals surface area (Å²) in [6, 6.07) is 6.09. The molecule has 0 unspecified atom stereocenters. The van der Waals surface area contributed by atoms with Crippen LogP contribution in [0.15, 0.2) is 42.5 Å². The molecule has 2 nitrogen and oxygen atoms in total. The van der Waals surface area contributed by atoms with Gasteiger partial charge in [-0.15, -0.1) is 0 Å². The van der Waals surface area contributed by atoms with Crippen molar-refractivity contribution >= 4 is 11.5 Å². The summed E-state index contributed by atoms with van der Waals surface area (Å²) in [5, 5.41) is 3.13. The van der Waals surface area contributed by atoms with Crippen LogP contribution >= 0.6 is 0 Å². The monoisotopic (exact) mass is 229 g/mol. The first-order chi connectivity index (χ1) is 8.04. The van der Waals surface area contributed by atoms with Crippen molar-refractivity contribution in [2.24, 2.45) is 0 Å². The molecule has 90 valence electrons. The summed E-state index contributed by atoms with van der Waals surface area (Å²) in [4.78, 5) is 11.7. The van der Waals surface area contributed by atoms with Crippen molar-refractivity contribution in [1.29, 1.82) is 0 Å². The molecule has 0 saturated carbocycles. The smallest absolute Gasteiger partial charge is 0.177 e. The largest absolute Gasteiger partial charge is 0.378 e. The van der Waals surface area contributed by atoms with E-state index in [-0.39, 0.29) is 5.78 Å². The zero-order chi connectivity index (χ0) is 12.8. The molecule has 0 heterocycles. The minimum atomic E-state index is 0.0862. The molecule has 0 aliphatic rings. The van der Waals surface area contributed by atoms with Crippen LogP contribution in [-0.4, -0.2) is 12.3 Å². The molecule has 0 bridgehead atoms. The van der Waals surface area contributed by atoms with Crippen LogP contribution < -0.4 is 5.32 Å². The third kappa shape index (κ3) is 3.91. The van der Waals surface area contributed by atoms with Crippen molar-refractivity contribution in [2.45, 2.75) is 20.8 Å². The van der Waals surface area contributed by atoms with E-state index in [1.165, 1.54) is 11.1 Å². The minimum Gasteiger partial charge on any atom is -0.378 e. The topological polar surface area (TPSA) is 29.1 Å². The second kappa shape index (κ2) is 6.04. The number of anilines is 1. The Morgan fingerprint density at radius 2 is 2.06 bits per heavy atom. The Morgan fingerprint density at radius 3 is 2.65 bits per heavy atom. The molecule has 0 aromatic heterocycles. The third-order valence-electron chi connectivity index (χ3n) is 2.77. The number of hydrogen-bond acceptors (Lipinski definition) is 2. The number of hydrogen-bond donors (Lipinski definition) is 1. The van der Waals surface area contributed by atoms with Gasteiger partial charge in [-0.05, 0) is 49.6 Å². The lowest BCUT2D eigenvalue weighted by atomic mass is 10.1. The number of carbonyl (C=O) groups excluding carboxylic acids is 1. The van der Waals surface area contributed by atoms with Gasteiger partial charge in [-0.25, -0.2) is 0 Å². The second-order valence-electron chi connectivity index (χ2n) is 4.16. The number of ketones is 1. The van der Waals surface area contributed by atoms with Gasteiger partial charge in [0, 0.05) is 5.69 Å². The van der Waals surface area contributed by atoms with E-state index in [9.17, 15) is 4.79 Å². The molecule has 0 spiro atoms. The summed E-state index contributed by atoms with van der Waals surface area (Å²) < 4.78 is 0. The molecule has 0 amide bonds. The standard InChI is InChI=1S/C15H19NO/c1-5-6-12(3)15(17)10-16-14-8-7-11(2)13(4)9-14/h5-9,16H,1,10H2,2-4H3/b12-6+. The average Bonchev–Trinajstić information content (AvgIpc) is 2.30. The lowest BCUT2D eigenvalue weighted by Crippen LogP contribution is -2.14. The summed E-state index contributed by atoms with van der Waals surface area (Å²) in [6.07, 6.45) is 3.35. The number of aryl methyl sites for hydroxylation is 2. The Hall–Kier alpha value is -1.83. The molecule has 1 rings (SSSR count). The van der Waals surface area contributed by atoms with E-state index in [2.05, 4.69) is 37.9 Å². The Kier molecular flexibility index (Phi) is 4.70. The highest BCUT2D eigenvalue weighted by Crippen LogP contribution is 2.14. The van der Waals surface area contributed by atoms with E-state index in [0.29, 0.717) is 6.54 Å². The van der Waals surface area contributed by atoms with E-state index in [0.717, 1.165) is 11.3 Å². The van der Waals surface area contributed by atoms with Crippen LogP contribution in [0.25, 0.3) is 0 Å². The highest BCUT2D eigenvalue weighted by Gasteiger charge is 2.03. The van der Waals surface area contributed by atoms with Crippen LogP contribution in [0.2, 0.25) is 0 Å². The molecule has 0 atom stereocenters. The quantitative estimate of drug-likeness (QED) is 0.619. The van der Waals surface area contributed by atoms with Crippen molar-refractivity contribution < 1.29 is 4.79 Å². The molecule has 1 aromatic rings. The Balaban J connectivity index is 2.62. The Labute approximate surface area is 103 Å². The van der Waals surface area contributed by atoms with Gasteiger partial charge in [-0.2, -0.15) is 0 Å². The minimum absolute atomic E-state index is 0.0862. The predicted molar refractivity (Wildman–Crippen MR) is 73.4 cm³/mol. The van der Waals surface area contributed by atoms with Crippen LogP contribution in [0.4, 0.5) is 5.69 Å². The van der Waals surface area contributed by atoms with Gasteiger partial charge in [-0.1, -0.05) is 24.8 Å². The molecule has 2 heteroatoms. The van der Waals surface area contributed by atoms with Crippen LogP contribution in [0.5, 0.6) is 0 Å². The van der Waals surface area contributed by atoms with Crippen LogP contribution in [0.3, 0.4) is 0 Å². The maximum atomic E-state index is 11.7. The summed E-state index contributed by atoms with van der Waals surface area (Å²) in [7, 11) is 0. The maximum absolute atomic E-state index is 11.7. The van der Waals surface area contributed by atoms with E-state index >= 15 is 0 Å². The highest BCUT2D eigenvalue weighted by atomic mass is 16.1. The van der Waals surface area contributed by atoms with Crippen LogP contribution in [0.1, 0.15) is 18.1 Å². The van der Waals surface area contributed by atoms with Gasteiger partial charge in [-0.3, -0.25) is 4.79 Å². The maximum Gasteiger partial charge on any atom is 0.177 e. The SMILES string of the molecule is C=C/C=C(\C)C(=O)CNc1ccc(C)c(C)c1. The van der Waals surface area contributed by atoms with Gasteiger partial charge in [0.2, 0.25) is 0 Å². The van der Waals surface area contributed by atoms with Crippen molar-refractivity contribution in [3.05, 3.63) is 53.6 Å². The molecular weight excluding hydrogens is 210 g/mol. The van der Waals surface area contributed by atoms with Crippen LogP contribution in [-0.2, 0) is 4.79 Å². The van der Waals surface area contributed by atoms with Crippen LogP contribution in [0, 0.1) is 13.8 Å². The summed E-state index contributed by atoms with van der Waals surface area (Å²) in [5.41, 5.74) is 4.18. The van der Waals surface area contributed by atoms with Crippen molar-refractivity contribution in [3.63, 3.8) is 0 Å². The predicted octanol–water partition coefficient (Wildman–Crippen LogP) is 3.42. The lowest BCUT2D eigenvalue weighted by molar-refractivity contribution is -0.113. The zero-order valence-electron chi connectivity index (χ0n) is 10.7. The highest BCUT2D eigenvalue weighted by molar-refractivity contribution is 5.98. The average molecular weight is 229 g/mol. The number of rotatable bonds is 5. The first-order valence-electron chi connectivity index (χ1n) is 5.68.